The van der Waals surface area contributed by atoms with Gasteiger partial charge in [-0.1, -0.05) is 21.3 Å². The zero-order valence-electron chi connectivity index (χ0n) is 7.54. The van der Waals surface area contributed by atoms with Crippen LogP contribution in [-0.4, -0.2) is 11.5 Å². The Hall–Kier alpha value is -1.05. The molecule has 0 spiro atoms. The highest BCUT2D eigenvalue weighted by Gasteiger charge is 2.24. The molecule has 2 heteroatoms. The van der Waals surface area contributed by atoms with Gasteiger partial charge in [0.15, 0.2) is 0 Å². The Morgan fingerprint density at radius 1 is 1.54 bits per heavy atom. The van der Waals surface area contributed by atoms with E-state index in [9.17, 15) is 0 Å². The third-order valence-electron chi connectivity index (χ3n) is 2.57. The fourth-order valence-electron chi connectivity index (χ4n) is 1.80. The van der Waals surface area contributed by atoms with Crippen LogP contribution >= 0.6 is 0 Å². The summed E-state index contributed by atoms with van der Waals surface area (Å²) in [5.74, 6) is 1.38. The molecule has 1 unspecified atom stereocenters. The molecule has 1 N–H and O–H groups in total. The molecule has 0 amide bonds. The number of hydrogen-bond acceptors (Lipinski definition) is 2. The zero-order valence-corrected chi connectivity index (χ0v) is 7.54. The predicted molar refractivity (Wildman–Crippen MR) is 57.0 cm³/mol. The Morgan fingerprint density at radius 2 is 2.31 bits per heavy atom. The van der Waals surface area contributed by atoms with E-state index in [1.807, 2.05) is 12.4 Å². The summed E-state index contributed by atoms with van der Waals surface area (Å²) in [5.41, 5.74) is 2.65. The van der Waals surface area contributed by atoms with Gasteiger partial charge < -0.3 is 5.32 Å². The van der Waals surface area contributed by atoms with Crippen molar-refractivity contribution in [2.75, 3.05) is 11.9 Å². The van der Waals surface area contributed by atoms with E-state index in [1.54, 1.807) is 0 Å². The summed E-state index contributed by atoms with van der Waals surface area (Å²) in [6.07, 6.45) is 3.79. The molecule has 0 radical (unpaired) electrons. The van der Waals surface area contributed by atoms with Gasteiger partial charge in [-0.25, -0.2) is 0 Å². The topological polar surface area (TPSA) is 24.9 Å². The zero-order chi connectivity index (χ0) is 8.55. The molecule has 0 aliphatic carbocycles. The number of fused-ring (bicyclic) bond motifs is 1. The number of aromatic nitrogens is 1. The molecule has 0 saturated heterocycles. The summed E-state index contributed by atoms with van der Waals surface area (Å²) in [6, 6.07) is 2.12. The van der Waals surface area contributed by atoms with E-state index in [1.165, 1.54) is 11.3 Å². The minimum absolute atomic E-state index is 0. The van der Waals surface area contributed by atoms with Crippen LogP contribution in [0.5, 0.6) is 0 Å². The maximum Gasteiger partial charge on any atom is 0.0563 e. The van der Waals surface area contributed by atoms with E-state index in [4.69, 9.17) is 0 Å². The van der Waals surface area contributed by atoms with Crippen molar-refractivity contribution < 1.29 is 0 Å². The van der Waals surface area contributed by atoms with Gasteiger partial charge in [0.1, 0.15) is 0 Å². The molecule has 2 nitrogen and oxygen atoms in total. The summed E-state index contributed by atoms with van der Waals surface area (Å²) >= 11 is 0. The molecule has 0 saturated carbocycles. The van der Waals surface area contributed by atoms with Crippen molar-refractivity contribution in [3.8, 4) is 0 Å². The summed E-state index contributed by atoms with van der Waals surface area (Å²) in [4.78, 5) is 4.09. The number of pyridine rings is 1. The lowest BCUT2D eigenvalue weighted by atomic mass is 9.91. The monoisotopic (exact) mass is 178 g/mol. The summed E-state index contributed by atoms with van der Waals surface area (Å²) in [5, 5.41) is 3.37. The molecule has 1 atom stereocenters. The van der Waals surface area contributed by atoms with Crippen LogP contribution in [-0.2, 0) is 0 Å². The van der Waals surface area contributed by atoms with E-state index in [-0.39, 0.29) is 7.43 Å². The van der Waals surface area contributed by atoms with Crippen LogP contribution in [0.2, 0.25) is 0 Å². The fourth-order valence-corrected chi connectivity index (χ4v) is 1.80. The molecule has 2 heterocycles. The van der Waals surface area contributed by atoms with Crippen LogP contribution in [0.3, 0.4) is 0 Å². The number of rotatable bonds is 1. The second-order valence-electron chi connectivity index (χ2n) is 3.69. The Morgan fingerprint density at radius 3 is 3.00 bits per heavy atom. The Kier molecular flexibility index (Phi) is 2.91. The minimum Gasteiger partial charge on any atom is -0.383 e. The molecule has 0 bridgehead atoms. The molecule has 1 aromatic heterocycles. The Labute approximate surface area is 80.4 Å². The standard InChI is InChI=1S/C10H14N2.CH4/c1-7(2)9-5-12-10-6-11-4-3-8(9)10;/h3-4,6-7,9,12H,5H2,1-2H3;1H4. The van der Waals surface area contributed by atoms with E-state index in [2.05, 4.69) is 30.2 Å². The summed E-state index contributed by atoms with van der Waals surface area (Å²) in [7, 11) is 0. The van der Waals surface area contributed by atoms with Crippen molar-refractivity contribution >= 4 is 5.69 Å². The quantitative estimate of drug-likeness (QED) is 0.715. The average molecular weight is 178 g/mol. The van der Waals surface area contributed by atoms with Crippen molar-refractivity contribution in [1.82, 2.24) is 4.98 Å². The number of hydrogen-bond donors (Lipinski definition) is 1. The van der Waals surface area contributed by atoms with Crippen LogP contribution < -0.4 is 5.32 Å². The van der Waals surface area contributed by atoms with Crippen LogP contribution in [0, 0.1) is 5.92 Å². The highest BCUT2D eigenvalue weighted by atomic mass is 14.9. The fraction of sp³-hybridized carbons (Fsp3) is 0.545. The molecule has 2 rings (SSSR count). The lowest BCUT2D eigenvalue weighted by molar-refractivity contribution is 0.533. The van der Waals surface area contributed by atoms with Gasteiger partial charge >= 0.3 is 0 Å². The summed E-state index contributed by atoms with van der Waals surface area (Å²) < 4.78 is 0. The first-order chi connectivity index (χ1) is 5.79. The number of nitrogens with one attached hydrogen (secondary N) is 1. The van der Waals surface area contributed by atoms with Crippen LogP contribution in [0.4, 0.5) is 5.69 Å². The van der Waals surface area contributed by atoms with Gasteiger partial charge in [0.25, 0.3) is 0 Å². The molecule has 1 aliphatic heterocycles. The second kappa shape index (κ2) is 3.77. The van der Waals surface area contributed by atoms with Gasteiger partial charge in [0.05, 0.1) is 11.9 Å². The molecule has 13 heavy (non-hydrogen) atoms. The van der Waals surface area contributed by atoms with E-state index in [0.717, 1.165) is 6.54 Å². The highest BCUT2D eigenvalue weighted by Crippen LogP contribution is 2.34. The van der Waals surface area contributed by atoms with Crippen molar-refractivity contribution in [2.24, 2.45) is 5.92 Å². The van der Waals surface area contributed by atoms with Gasteiger partial charge in [-0.15, -0.1) is 0 Å². The predicted octanol–water partition coefficient (Wildman–Crippen LogP) is 2.88. The average Bonchev–Trinajstić information content (AvgIpc) is 2.47. The van der Waals surface area contributed by atoms with Crippen LogP contribution in [0.25, 0.3) is 0 Å². The molecule has 1 aliphatic rings. The SMILES string of the molecule is C.CC(C)C1CNc2cnccc21. The van der Waals surface area contributed by atoms with Crippen LogP contribution in [0.15, 0.2) is 18.5 Å². The van der Waals surface area contributed by atoms with Crippen LogP contribution in [0.1, 0.15) is 32.8 Å². The smallest absolute Gasteiger partial charge is 0.0563 e. The van der Waals surface area contributed by atoms with Crippen molar-refractivity contribution in [3.63, 3.8) is 0 Å². The van der Waals surface area contributed by atoms with Gasteiger partial charge in [-0.2, -0.15) is 0 Å². The van der Waals surface area contributed by atoms with Gasteiger partial charge in [-0.05, 0) is 17.5 Å². The largest absolute Gasteiger partial charge is 0.383 e. The van der Waals surface area contributed by atoms with Crippen molar-refractivity contribution in [2.45, 2.75) is 27.2 Å². The molecule has 0 aromatic carbocycles. The summed E-state index contributed by atoms with van der Waals surface area (Å²) in [6.45, 7) is 5.60. The number of anilines is 1. The Balaban J connectivity index is 0.000000845. The molecule has 72 valence electrons. The first-order valence-electron chi connectivity index (χ1n) is 4.47. The Bertz CT molecular complexity index is 281. The minimum atomic E-state index is 0. The maximum atomic E-state index is 4.09. The van der Waals surface area contributed by atoms with Gasteiger partial charge in [-0.3, -0.25) is 4.98 Å². The number of nitrogens with zero attached hydrogens (tertiary/aromatic N) is 1. The first kappa shape index (κ1) is 10.0. The van der Waals surface area contributed by atoms with Gasteiger partial charge in [0, 0.05) is 18.7 Å². The van der Waals surface area contributed by atoms with Gasteiger partial charge in [0.2, 0.25) is 0 Å². The third-order valence-corrected chi connectivity index (χ3v) is 2.57. The second-order valence-corrected chi connectivity index (χ2v) is 3.69. The van der Waals surface area contributed by atoms with Crippen molar-refractivity contribution in [1.29, 1.82) is 0 Å². The molecule has 1 aromatic rings. The van der Waals surface area contributed by atoms with E-state index in [0.29, 0.717) is 11.8 Å². The third kappa shape index (κ3) is 1.67. The molecular weight excluding hydrogens is 160 g/mol. The molecular formula is C11H18N2. The van der Waals surface area contributed by atoms with Crippen molar-refractivity contribution in [3.05, 3.63) is 24.0 Å². The highest BCUT2D eigenvalue weighted by molar-refractivity contribution is 5.55. The first-order valence-corrected chi connectivity index (χ1v) is 4.47. The lowest BCUT2D eigenvalue weighted by Gasteiger charge is -2.13. The van der Waals surface area contributed by atoms with E-state index < -0.39 is 0 Å². The lowest BCUT2D eigenvalue weighted by Crippen LogP contribution is -2.08. The van der Waals surface area contributed by atoms with E-state index >= 15 is 0 Å². The molecule has 0 fully saturated rings. The normalized spacial score (nSPS) is 19.2. The maximum absolute atomic E-state index is 4.09.